The average molecular weight is 372 g/mol. The topological polar surface area (TPSA) is 85.8 Å². The Morgan fingerprint density at radius 2 is 1.92 bits per heavy atom. The van der Waals surface area contributed by atoms with E-state index in [1.165, 1.54) is 0 Å². The predicted octanol–water partition coefficient (Wildman–Crippen LogP) is 2.25. The highest BCUT2D eigenvalue weighted by Gasteiger charge is 2.24. The maximum Gasteiger partial charge on any atom is 0.242 e. The molecule has 2 aromatic rings. The molecule has 3 rings (SSSR count). The molecule has 0 aliphatic carbocycles. The molecule has 8 heteroatoms. The highest BCUT2D eigenvalue weighted by Crippen LogP contribution is 2.20. The zero-order chi connectivity index (χ0) is 15.7. The molecule has 1 aromatic heterocycles. The van der Waals surface area contributed by atoms with Crippen molar-refractivity contribution in [1.82, 2.24) is 20.1 Å². The summed E-state index contributed by atoms with van der Waals surface area (Å²) in [5.74, 6) is 1.60. The van der Waals surface area contributed by atoms with E-state index in [1.54, 1.807) is 0 Å². The number of rotatable bonds is 4. The van der Waals surface area contributed by atoms with Gasteiger partial charge in [0.05, 0.1) is 6.04 Å². The number of nitrogens with zero attached hydrogens (tertiary/aromatic N) is 3. The summed E-state index contributed by atoms with van der Waals surface area (Å²) in [5.41, 5.74) is 8.00. The highest BCUT2D eigenvalue weighted by molar-refractivity contribution is 5.85. The van der Waals surface area contributed by atoms with E-state index in [0.29, 0.717) is 0 Å². The van der Waals surface area contributed by atoms with Crippen molar-refractivity contribution in [3.8, 4) is 0 Å². The van der Waals surface area contributed by atoms with Crippen LogP contribution in [0.1, 0.15) is 48.2 Å². The highest BCUT2D eigenvalue weighted by atomic mass is 35.5. The van der Waals surface area contributed by atoms with Crippen molar-refractivity contribution in [2.24, 2.45) is 5.73 Å². The number of hydrogen-bond donors (Lipinski definition) is 2. The largest absolute Gasteiger partial charge is 0.345 e. The molecule has 0 bridgehead atoms. The first kappa shape index (κ1) is 20.4. The predicted molar refractivity (Wildman–Crippen MR) is 97.5 cm³/mol. The molecular formula is C16H23Cl2N5O. The van der Waals surface area contributed by atoms with Crippen LogP contribution in [0.4, 0.5) is 0 Å². The number of fused-ring (bicyclic) bond motifs is 1. The number of amides is 1. The van der Waals surface area contributed by atoms with Crippen molar-refractivity contribution in [2.75, 3.05) is 0 Å². The fraction of sp³-hybridized carbons (Fsp3) is 0.438. The van der Waals surface area contributed by atoms with Crippen LogP contribution in [0.15, 0.2) is 24.3 Å². The van der Waals surface area contributed by atoms with Crippen molar-refractivity contribution in [3.63, 3.8) is 0 Å². The Kier molecular flexibility index (Phi) is 7.20. The molecule has 2 atom stereocenters. The van der Waals surface area contributed by atoms with Crippen molar-refractivity contribution in [2.45, 2.75) is 45.3 Å². The zero-order valence-corrected chi connectivity index (χ0v) is 15.4. The molecule has 1 aromatic carbocycles. The van der Waals surface area contributed by atoms with E-state index in [1.807, 2.05) is 38.1 Å². The molecule has 132 valence electrons. The molecule has 3 N–H and O–H groups in total. The van der Waals surface area contributed by atoms with Gasteiger partial charge in [0, 0.05) is 13.0 Å². The van der Waals surface area contributed by atoms with Crippen molar-refractivity contribution in [1.29, 1.82) is 0 Å². The van der Waals surface area contributed by atoms with Crippen LogP contribution in [0.2, 0.25) is 0 Å². The van der Waals surface area contributed by atoms with Crippen LogP contribution in [0.25, 0.3) is 0 Å². The minimum atomic E-state index is -0.677. The number of hydrogen-bond acceptors (Lipinski definition) is 4. The van der Waals surface area contributed by atoms with Gasteiger partial charge in [-0.05, 0) is 25.8 Å². The van der Waals surface area contributed by atoms with Crippen LogP contribution in [-0.2, 0) is 17.8 Å². The second-order valence-electron chi connectivity index (χ2n) is 5.85. The molecule has 24 heavy (non-hydrogen) atoms. The SMILES string of the molecule is Cc1ccc(C(N)C(=O)NC(C)c2nnc3n2CCC3)cc1.Cl.Cl. The molecule has 6 nitrogen and oxygen atoms in total. The molecule has 0 saturated carbocycles. The Balaban J connectivity index is 0.00000144. The second kappa shape index (κ2) is 8.46. The molecule has 1 aliphatic rings. The number of halogens is 2. The lowest BCUT2D eigenvalue weighted by Crippen LogP contribution is -2.36. The Morgan fingerprint density at radius 1 is 1.25 bits per heavy atom. The van der Waals surface area contributed by atoms with Crippen LogP contribution < -0.4 is 11.1 Å². The molecule has 2 heterocycles. The number of nitrogens with two attached hydrogens (primary N) is 1. The van der Waals surface area contributed by atoms with Gasteiger partial charge in [-0.3, -0.25) is 4.79 Å². The summed E-state index contributed by atoms with van der Waals surface area (Å²) in [6, 6.07) is 6.81. The molecule has 1 amide bonds. The lowest BCUT2D eigenvalue weighted by Gasteiger charge is -2.17. The van der Waals surface area contributed by atoms with E-state index in [0.717, 1.165) is 42.2 Å². The lowest BCUT2D eigenvalue weighted by atomic mass is 10.1. The van der Waals surface area contributed by atoms with Crippen LogP contribution in [0.5, 0.6) is 0 Å². The van der Waals surface area contributed by atoms with E-state index >= 15 is 0 Å². The van der Waals surface area contributed by atoms with Gasteiger partial charge in [-0.15, -0.1) is 35.0 Å². The third-order valence-electron chi connectivity index (χ3n) is 4.10. The molecule has 1 aliphatic heterocycles. The Morgan fingerprint density at radius 3 is 2.58 bits per heavy atom. The van der Waals surface area contributed by atoms with Gasteiger partial charge < -0.3 is 15.6 Å². The second-order valence-corrected chi connectivity index (χ2v) is 5.85. The number of carbonyl (C=O) groups excluding carboxylic acids is 1. The standard InChI is InChI=1S/C16H21N5O.2ClH/c1-10-5-7-12(8-6-10)14(17)16(22)18-11(2)15-20-19-13-4-3-9-21(13)15;;/h5-8,11,14H,3-4,9,17H2,1-2H3,(H,18,22);2*1H. The molecular weight excluding hydrogens is 349 g/mol. The molecule has 0 radical (unpaired) electrons. The lowest BCUT2D eigenvalue weighted by molar-refractivity contribution is -0.123. The van der Waals surface area contributed by atoms with Crippen molar-refractivity contribution in [3.05, 3.63) is 47.0 Å². The quantitative estimate of drug-likeness (QED) is 0.862. The maximum atomic E-state index is 12.3. The fourth-order valence-corrected chi connectivity index (χ4v) is 2.79. The minimum absolute atomic E-state index is 0. The van der Waals surface area contributed by atoms with E-state index in [-0.39, 0.29) is 36.8 Å². The summed E-state index contributed by atoms with van der Waals surface area (Å²) in [4.78, 5) is 12.3. The van der Waals surface area contributed by atoms with E-state index < -0.39 is 6.04 Å². The minimum Gasteiger partial charge on any atom is -0.345 e. The van der Waals surface area contributed by atoms with Crippen LogP contribution in [0, 0.1) is 6.92 Å². The van der Waals surface area contributed by atoms with Gasteiger partial charge in [-0.25, -0.2) is 0 Å². The van der Waals surface area contributed by atoms with E-state index in [2.05, 4.69) is 20.1 Å². The van der Waals surface area contributed by atoms with Crippen molar-refractivity contribution < 1.29 is 4.79 Å². The Hall–Kier alpha value is -1.63. The number of carbonyl (C=O) groups is 1. The average Bonchev–Trinajstić information content (AvgIpc) is 3.09. The zero-order valence-electron chi connectivity index (χ0n) is 13.7. The monoisotopic (exact) mass is 371 g/mol. The van der Waals surface area contributed by atoms with Crippen LogP contribution in [0.3, 0.4) is 0 Å². The van der Waals surface area contributed by atoms with Crippen molar-refractivity contribution >= 4 is 30.7 Å². The van der Waals surface area contributed by atoms with Gasteiger partial charge in [-0.2, -0.15) is 0 Å². The van der Waals surface area contributed by atoms with E-state index in [9.17, 15) is 4.79 Å². The first-order valence-electron chi connectivity index (χ1n) is 7.61. The van der Waals surface area contributed by atoms with Crippen LogP contribution >= 0.6 is 24.8 Å². The van der Waals surface area contributed by atoms with Gasteiger partial charge in [0.15, 0.2) is 5.82 Å². The van der Waals surface area contributed by atoms with Gasteiger partial charge in [-0.1, -0.05) is 29.8 Å². The third kappa shape index (κ3) is 4.06. The summed E-state index contributed by atoms with van der Waals surface area (Å²) >= 11 is 0. The normalized spacial score (nSPS) is 14.8. The third-order valence-corrected chi connectivity index (χ3v) is 4.10. The molecule has 0 fully saturated rings. The first-order valence-corrected chi connectivity index (χ1v) is 7.61. The first-order chi connectivity index (χ1) is 10.6. The van der Waals surface area contributed by atoms with Gasteiger partial charge >= 0.3 is 0 Å². The fourth-order valence-electron chi connectivity index (χ4n) is 2.79. The van der Waals surface area contributed by atoms with Gasteiger partial charge in [0.1, 0.15) is 11.9 Å². The van der Waals surface area contributed by atoms with E-state index in [4.69, 9.17) is 5.73 Å². The summed E-state index contributed by atoms with van der Waals surface area (Å²) in [6.07, 6.45) is 2.04. The summed E-state index contributed by atoms with van der Waals surface area (Å²) in [6.45, 7) is 4.83. The Labute approximate surface area is 154 Å². The summed E-state index contributed by atoms with van der Waals surface area (Å²) < 4.78 is 2.09. The summed E-state index contributed by atoms with van der Waals surface area (Å²) in [7, 11) is 0. The smallest absolute Gasteiger partial charge is 0.242 e. The Bertz CT molecular complexity index is 686. The number of benzene rings is 1. The van der Waals surface area contributed by atoms with Gasteiger partial charge in [0.25, 0.3) is 0 Å². The molecule has 2 unspecified atom stereocenters. The number of nitrogens with one attached hydrogen (secondary N) is 1. The number of aromatic nitrogens is 3. The maximum absolute atomic E-state index is 12.3. The summed E-state index contributed by atoms with van der Waals surface area (Å²) in [5, 5.41) is 11.3. The number of aryl methyl sites for hydroxylation is 2. The molecule has 0 saturated heterocycles. The van der Waals surface area contributed by atoms with Crippen LogP contribution in [-0.4, -0.2) is 20.7 Å². The molecule has 0 spiro atoms. The van der Waals surface area contributed by atoms with Gasteiger partial charge in [0.2, 0.25) is 5.91 Å².